The Morgan fingerprint density at radius 3 is 2.57 bits per heavy atom. The summed E-state index contributed by atoms with van der Waals surface area (Å²) >= 11 is 6.05. The molecular weight excluding hydrogens is 478 g/mol. The molecule has 3 aromatic rings. The van der Waals surface area contributed by atoms with Crippen molar-refractivity contribution in [3.05, 3.63) is 77.2 Å². The highest BCUT2D eigenvalue weighted by molar-refractivity contribution is 6.31. The number of furan rings is 1. The second-order valence-corrected chi connectivity index (χ2v) is 8.08. The van der Waals surface area contributed by atoms with Gasteiger partial charge in [-0.05, 0) is 54.6 Å². The maximum Gasteiger partial charge on any atom is 0.379 e. The number of methoxy groups -OCH3 is 1. The summed E-state index contributed by atoms with van der Waals surface area (Å²) in [6.45, 7) is -0.409. The van der Waals surface area contributed by atoms with E-state index >= 15 is 0 Å². The van der Waals surface area contributed by atoms with Gasteiger partial charge in [0.05, 0.1) is 25.0 Å². The van der Waals surface area contributed by atoms with Gasteiger partial charge in [0.25, 0.3) is 0 Å². The molecule has 1 aromatic heterocycles. The Bertz CT molecular complexity index is 1250. The van der Waals surface area contributed by atoms with Crippen LogP contribution < -0.4 is 14.4 Å². The van der Waals surface area contributed by atoms with Crippen LogP contribution in [0.15, 0.2) is 65.3 Å². The van der Waals surface area contributed by atoms with Crippen molar-refractivity contribution in [3.63, 3.8) is 0 Å². The number of ether oxygens (including phenoxy) is 3. The third-order valence-electron chi connectivity index (χ3n) is 5.34. The first-order valence-corrected chi connectivity index (χ1v) is 10.9. The lowest BCUT2D eigenvalue weighted by Gasteiger charge is -2.19. The van der Waals surface area contributed by atoms with Crippen LogP contribution in [0.25, 0.3) is 0 Å². The number of halogens is 1. The highest BCUT2D eigenvalue weighted by Crippen LogP contribution is 2.35. The summed E-state index contributed by atoms with van der Waals surface area (Å²) in [6, 6.07) is 13.7. The molecule has 1 amide bonds. The number of amides is 1. The van der Waals surface area contributed by atoms with Crippen molar-refractivity contribution < 1.29 is 37.8 Å². The van der Waals surface area contributed by atoms with Gasteiger partial charge < -0.3 is 23.5 Å². The van der Waals surface area contributed by atoms with Gasteiger partial charge in [0.15, 0.2) is 12.4 Å². The van der Waals surface area contributed by atoms with Gasteiger partial charge in [0.2, 0.25) is 11.7 Å². The average molecular weight is 498 g/mol. The average Bonchev–Trinajstić information content (AvgIpc) is 3.53. The Kier molecular flexibility index (Phi) is 7.17. The largest absolute Gasteiger partial charge is 0.495 e. The third kappa shape index (κ3) is 5.52. The summed E-state index contributed by atoms with van der Waals surface area (Å²) in [5.41, 5.74) is 0.729. The van der Waals surface area contributed by atoms with E-state index in [1.54, 1.807) is 24.3 Å². The summed E-state index contributed by atoms with van der Waals surface area (Å²) < 4.78 is 20.6. The third-order valence-corrected chi connectivity index (χ3v) is 5.58. The fraction of sp³-hybridized carbons (Fsp3) is 0.200. The molecule has 0 radical (unpaired) electrons. The van der Waals surface area contributed by atoms with Gasteiger partial charge in [-0.1, -0.05) is 11.6 Å². The van der Waals surface area contributed by atoms with Crippen molar-refractivity contribution >= 4 is 40.9 Å². The smallest absolute Gasteiger partial charge is 0.379 e. The van der Waals surface area contributed by atoms with E-state index in [0.29, 0.717) is 16.5 Å². The van der Waals surface area contributed by atoms with Crippen molar-refractivity contribution in [2.75, 3.05) is 25.2 Å². The Morgan fingerprint density at radius 1 is 1.11 bits per heavy atom. The standard InChI is InChI=1S/C25H20ClNO8/c1-32-21-9-6-17(26)12-19(21)27-13-16(11-23(27)29)24(30)34-14-20(28)15-4-7-18(8-5-15)35-25(31)22-3-2-10-33-22/h2-10,12,16H,11,13-14H2,1H3/t16-/m0/s1. The van der Waals surface area contributed by atoms with Crippen LogP contribution in [0, 0.1) is 5.92 Å². The van der Waals surface area contributed by atoms with Crippen LogP contribution in [0.1, 0.15) is 27.3 Å². The van der Waals surface area contributed by atoms with E-state index < -0.39 is 30.2 Å². The maximum absolute atomic E-state index is 12.5. The van der Waals surface area contributed by atoms with Gasteiger partial charge in [-0.15, -0.1) is 0 Å². The lowest BCUT2D eigenvalue weighted by molar-refractivity contribution is -0.147. The minimum absolute atomic E-state index is 0.0508. The molecule has 0 bridgehead atoms. The van der Waals surface area contributed by atoms with E-state index in [1.807, 2.05) is 0 Å². The van der Waals surface area contributed by atoms with Crippen LogP contribution in [0.2, 0.25) is 5.02 Å². The van der Waals surface area contributed by atoms with E-state index in [2.05, 4.69) is 0 Å². The van der Waals surface area contributed by atoms with Crippen molar-refractivity contribution in [2.24, 2.45) is 5.92 Å². The lowest BCUT2D eigenvalue weighted by atomic mass is 10.1. The fourth-order valence-corrected chi connectivity index (χ4v) is 3.74. The number of esters is 2. The van der Waals surface area contributed by atoms with Crippen molar-refractivity contribution in [2.45, 2.75) is 6.42 Å². The molecule has 0 saturated carbocycles. The van der Waals surface area contributed by atoms with E-state index in [-0.39, 0.29) is 35.9 Å². The van der Waals surface area contributed by atoms with Crippen LogP contribution >= 0.6 is 11.6 Å². The summed E-state index contributed by atoms with van der Waals surface area (Å²) in [5.74, 6) is -2.06. The first kappa shape index (κ1) is 24.0. The number of Topliss-reactive ketones (excluding diaryl/α,β-unsaturated/α-hetero) is 1. The molecule has 1 aliphatic rings. The van der Waals surface area contributed by atoms with Crippen LogP contribution in [0.3, 0.4) is 0 Å². The summed E-state index contributed by atoms with van der Waals surface area (Å²) in [6.07, 6.45) is 1.30. The predicted molar refractivity (Wildman–Crippen MR) is 124 cm³/mol. The zero-order chi connectivity index (χ0) is 24.9. The second-order valence-electron chi connectivity index (χ2n) is 7.64. The highest BCUT2D eigenvalue weighted by Gasteiger charge is 2.37. The normalized spacial score (nSPS) is 15.1. The van der Waals surface area contributed by atoms with Gasteiger partial charge >= 0.3 is 11.9 Å². The summed E-state index contributed by atoms with van der Waals surface area (Å²) in [5, 5.41) is 0.423. The summed E-state index contributed by atoms with van der Waals surface area (Å²) in [7, 11) is 1.47. The van der Waals surface area contributed by atoms with Crippen molar-refractivity contribution in [3.8, 4) is 11.5 Å². The number of ketones is 1. The molecule has 180 valence electrons. The molecule has 10 heteroatoms. The van der Waals surface area contributed by atoms with Gasteiger partial charge in [-0.3, -0.25) is 14.4 Å². The predicted octanol–water partition coefficient (Wildman–Crippen LogP) is 3.94. The van der Waals surface area contributed by atoms with Gasteiger partial charge in [-0.2, -0.15) is 0 Å². The minimum Gasteiger partial charge on any atom is -0.495 e. The van der Waals surface area contributed by atoms with Crippen LogP contribution in [-0.4, -0.2) is 43.9 Å². The zero-order valence-electron chi connectivity index (χ0n) is 18.6. The summed E-state index contributed by atoms with van der Waals surface area (Å²) in [4.78, 5) is 50.8. The number of nitrogens with zero attached hydrogens (tertiary/aromatic N) is 1. The first-order chi connectivity index (χ1) is 16.9. The molecule has 0 unspecified atom stereocenters. The van der Waals surface area contributed by atoms with E-state index in [9.17, 15) is 19.2 Å². The van der Waals surface area contributed by atoms with Crippen molar-refractivity contribution in [1.29, 1.82) is 0 Å². The molecule has 1 atom stereocenters. The first-order valence-electron chi connectivity index (χ1n) is 10.5. The zero-order valence-corrected chi connectivity index (χ0v) is 19.3. The number of benzene rings is 2. The molecule has 1 fully saturated rings. The molecule has 4 rings (SSSR count). The fourth-order valence-electron chi connectivity index (χ4n) is 3.57. The highest BCUT2D eigenvalue weighted by atomic mass is 35.5. The molecule has 0 aliphatic carbocycles. The molecular formula is C25H20ClNO8. The Balaban J connectivity index is 1.31. The molecule has 9 nitrogen and oxygen atoms in total. The molecule has 35 heavy (non-hydrogen) atoms. The molecule has 0 N–H and O–H groups in total. The van der Waals surface area contributed by atoms with Crippen LogP contribution in [0.4, 0.5) is 5.69 Å². The molecule has 2 heterocycles. The van der Waals surface area contributed by atoms with E-state index in [4.69, 9.17) is 30.2 Å². The monoisotopic (exact) mass is 497 g/mol. The number of hydrogen-bond donors (Lipinski definition) is 0. The van der Waals surface area contributed by atoms with Gasteiger partial charge in [0.1, 0.15) is 11.5 Å². The van der Waals surface area contributed by atoms with Gasteiger partial charge in [0, 0.05) is 23.6 Å². The topological polar surface area (TPSA) is 112 Å². The molecule has 1 saturated heterocycles. The second kappa shape index (κ2) is 10.4. The van der Waals surface area contributed by atoms with Crippen molar-refractivity contribution in [1.82, 2.24) is 0 Å². The quantitative estimate of drug-likeness (QED) is 0.261. The molecule has 1 aliphatic heterocycles. The number of carbonyl (C=O) groups is 4. The molecule has 0 spiro atoms. The van der Waals surface area contributed by atoms with E-state index in [1.165, 1.54) is 48.6 Å². The minimum atomic E-state index is -0.734. The molecule has 2 aromatic carbocycles. The Hall–Kier alpha value is -4.11. The number of carbonyl (C=O) groups excluding carboxylic acids is 4. The Morgan fingerprint density at radius 2 is 1.89 bits per heavy atom. The number of anilines is 1. The number of rotatable bonds is 8. The van der Waals surface area contributed by atoms with Gasteiger partial charge in [-0.25, -0.2) is 4.79 Å². The SMILES string of the molecule is COc1ccc(Cl)cc1N1C[C@@H](C(=O)OCC(=O)c2ccc(OC(=O)c3ccco3)cc2)CC1=O. The lowest BCUT2D eigenvalue weighted by Crippen LogP contribution is -2.27. The number of hydrogen-bond acceptors (Lipinski definition) is 8. The van der Waals surface area contributed by atoms with Crippen LogP contribution in [-0.2, 0) is 14.3 Å². The Labute approximate surface area is 205 Å². The van der Waals surface area contributed by atoms with Crippen LogP contribution in [0.5, 0.6) is 11.5 Å². The maximum atomic E-state index is 12.5. The van der Waals surface area contributed by atoms with E-state index in [0.717, 1.165) is 0 Å².